The maximum atomic E-state index is 11.9. The Morgan fingerprint density at radius 3 is 2.29 bits per heavy atom. The van der Waals surface area contributed by atoms with Crippen molar-refractivity contribution in [2.24, 2.45) is 0 Å². The molecule has 0 aromatic heterocycles. The number of carbonyl (C=O) groups excluding carboxylic acids is 2. The molecular formula is C19H22N2O3. The molecule has 126 valence electrons. The highest BCUT2D eigenvalue weighted by Crippen LogP contribution is 2.08. The van der Waals surface area contributed by atoms with Gasteiger partial charge < -0.3 is 15.4 Å². The zero-order chi connectivity index (χ0) is 17.2. The topological polar surface area (TPSA) is 67.4 Å². The Balaban J connectivity index is 1.57. The van der Waals surface area contributed by atoms with E-state index in [1.165, 1.54) is 0 Å². The zero-order valence-corrected chi connectivity index (χ0v) is 13.7. The van der Waals surface area contributed by atoms with Crippen LogP contribution in [0.2, 0.25) is 0 Å². The van der Waals surface area contributed by atoms with Gasteiger partial charge in [-0.15, -0.1) is 0 Å². The monoisotopic (exact) mass is 326 g/mol. The summed E-state index contributed by atoms with van der Waals surface area (Å²) in [4.78, 5) is 23.6. The summed E-state index contributed by atoms with van der Waals surface area (Å²) < 4.78 is 5.46. The molecule has 0 saturated heterocycles. The molecule has 0 atom stereocenters. The van der Waals surface area contributed by atoms with Crippen molar-refractivity contribution in [3.63, 3.8) is 0 Å². The number of nitrogens with one attached hydrogen (secondary N) is 2. The minimum Gasteiger partial charge on any atom is -0.493 e. The molecule has 2 N–H and O–H groups in total. The van der Waals surface area contributed by atoms with Gasteiger partial charge >= 0.3 is 0 Å². The van der Waals surface area contributed by atoms with Crippen LogP contribution in [0, 0.1) is 6.92 Å². The van der Waals surface area contributed by atoms with Gasteiger partial charge in [0.25, 0.3) is 5.91 Å². The van der Waals surface area contributed by atoms with Gasteiger partial charge in [-0.05, 0) is 31.2 Å². The van der Waals surface area contributed by atoms with Gasteiger partial charge in [-0.2, -0.15) is 0 Å². The summed E-state index contributed by atoms with van der Waals surface area (Å²) in [5, 5.41) is 5.52. The van der Waals surface area contributed by atoms with Gasteiger partial charge in [0.05, 0.1) is 13.0 Å². The molecular weight excluding hydrogens is 304 g/mol. The number of aryl methyl sites for hydroxylation is 1. The van der Waals surface area contributed by atoms with Crippen molar-refractivity contribution in [2.45, 2.75) is 13.3 Å². The average Bonchev–Trinajstić information content (AvgIpc) is 2.60. The molecule has 0 saturated carbocycles. The highest BCUT2D eigenvalue weighted by Gasteiger charge is 2.05. The van der Waals surface area contributed by atoms with Gasteiger partial charge in [0.2, 0.25) is 5.91 Å². The van der Waals surface area contributed by atoms with Gasteiger partial charge in [-0.1, -0.05) is 35.9 Å². The lowest BCUT2D eigenvalue weighted by molar-refractivity contribution is -0.121. The molecule has 0 aliphatic carbocycles. The molecule has 5 nitrogen and oxygen atoms in total. The summed E-state index contributed by atoms with van der Waals surface area (Å²) in [6, 6.07) is 16.7. The number of benzene rings is 2. The van der Waals surface area contributed by atoms with Crippen LogP contribution in [0.25, 0.3) is 0 Å². The van der Waals surface area contributed by atoms with Crippen LogP contribution in [0.1, 0.15) is 22.3 Å². The van der Waals surface area contributed by atoms with Crippen LogP contribution in [-0.2, 0) is 4.79 Å². The fourth-order valence-corrected chi connectivity index (χ4v) is 2.05. The number of hydrogen-bond donors (Lipinski definition) is 2. The molecule has 2 rings (SSSR count). The smallest absolute Gasteiger partial charge is 0.251 e. The van der Waals surface area contributed by atoms with Crippen molar-refractivity contribution in [3.8, 4) is 5.75 Å². The van der Waals surface area contributed by atoms with Crippen LogP contribution in [0.5, 0.6) is 5.75 Å². The van der Waals surface area contributed by atoms with E-state index in [2.05, 4.69) is 10.6 Å². The third kappa shape index (κ3) is 6.12. The summed E-state index contributed by atoms with van der Waals surface area (Å²) in [5.74, 6) is 0.503. The van der Waals surface area contributed by atoms with Crippen LogP contribution in [0.4, 0.5) is 0 Å². The fourth-order valence-electron chi connectivity index (χ4n) is 2.05. The number of rotatable bonds is 8. The van der Waals surface area contributed by atoms with Gasteiger partial charge in [0.15, 0.2) is 0 Å². The zero-order valence-electron chi connectivity index (χ0n) is 13.7. The highest BCUT2D eigenvalue weighted by molar-refractivity contribution is 5.94. The first kappa shape index (κ1) is 17.5. The van der Waals surface area contributed by atoms with E-state index < -0.39 is 0 Å². The second-order valence-corrected chi connectivity index (χ2v) is 5.38. The maximum Gasteiger partial charge on any atom is 0.251 e. The average molecular weight is 326 g/mol. The minimum atomic E-state index is -0.142. The van der Waals surface area contributed by atoms with E-state index in [1.54, 1.807) is 12.1 Å². The number of carbonyl (C=O) groups is 2. The third-order valence-corrected chi connectivity index (χ3v) is 3.39. The predicted molar refractivity (Wildman–Crippen MR) is 93.1 cm³/mol. The Morgan fingerprint density at radius 2 is 1.58 bits per heavy atom. The molecule has 0 radical (unpaired) electrons. The van der Waals surface area contributed by atoms with E-state index in [0.29, 0.717) is 25.3 Å². The Bertz CT molecular complexity index is 654. The Labute approximate surface area is 142 Å². The Kier molecular flexibility index (Phi) is 6.83. The quantitative estimate of drug-likeness (QED) is 0.732. The second-order valence-electron chi connectivity index (χ2n) is 5.38. The van der Waals surface area contributed by atoms with Crippen LogP contribution in [0.3, 0.4) is 0 Å². The molecule has 0 bridgehead atoms. The summed E-state index contributed by atoms with van der Waals surface area (Å²) in [5.41, 5.74) is 1.72. The summed E-state index contributed by atoms with van der Waals surface area (Å²) in [7, 11) is 0. The lowest BCUT2D eigenvalue weighted by Crippen LogP contribution is -2.35. The molecule has 2 aromatic carbocycles. The SMILES string of the molecule is Cc1ccc(C(=O)NCCNC(=O)CCOc2ccccc2)cc1. The van der Waals surface area contributed by atoms with Crippen LogP contribution < -0.4 is 15.4 Å². The summed E-state index contributed by atoms with van der Waals surface area (Å²) in [6.45, 7) is 3.07. The maximum absolute atomic E-state index is 11.9. The standard InChI is InChI=1S/C19H22N2O3/c1-15-7-9-16(10-8-15)19(23)21-13-12-20-18(22)11-14-24-17-5-3-2-4-6-17/h2-10H,11-14H2,1H3,(H,20,22)(H,21,23). The highest BCUT2D eigenvalue weighted by atomic mass is 16.5. The van der Waals surface area contributed by atoms with E-state index in [4.69, 9.17) is 4.74 Å². The Hall–Kier alpha value is -2.82. The summed E-state index contributed by atoms with van der Waals surface area (Å²) in [6.07, 6.45) is 0.279. The molecule has 0 unspecified atom stereocenters. The molecule has 0 aliphatic heterocycles. The first-order chi connectivity index (χ1) is 11.6. The minimum absolute atomic E-state index is 0.101. The molecule has 0 heterocycles. The van der Waals surface area contributed by atoms with E-state index in [1.807, 2.05) is 49.4 Å². The normalized spacial score (nSPS) is 10.0. The second kappa shape index (κ2) is 9.35. The molecule has 24 heavy (non-hydrogen) atoms. The third-order valence-electron chi connectivity index (χ3n) is 3.39. The van der Waals surface area contributed by atoms with Crippen LogP contribution in [0.15, 0.2) is 54.6 Å². The van der Waals surface area contributed by atoms with Crippen molar-refractivity contribution in [2.75, 3.05) is 19.7 Å². The molecule has 5 heteroatoms. The van der Waals surface area contributed by atoms with Gasteiger partial charge in [-0.25, -0.2) is 0 Å². The molecule has 2 amide bonds. The number of para-hydroxylation sites is 1. The van der Waals surface area contributed by atoms with Crippen molar-refractivity contribution in [1.29, 1.82) is 0 Å². The first-order valence-corrected chi connectivity index (χ1v) is 7.94. The van der Waals surface area contributed by atoms with E-state index in [-0.39, 0.29) is 18.2 Å². The molecule has 0 spiro atoms. The van der Waals surface area contributed by atoms with E-state index in [0.717, 1.165) is 11.3 Å². The molecule has 0 fully saturated rings. The van der Waals surface area contributed by atoms with Gasteiger partial charge in [0.1, 0.15) is 5.75 Å². The van der Waals surface area contributed by atoms with Crippen LogP contribution in [-0.4, -0.2) is 31.5 Å². The van der Waals surface area contributed by atoms with E-state index >= 15 is 0 Å². The first-order valence-electron chi connectivity index (χ1n) is 7.94. The molecule has 2 aromatic rings. The van der Waals surface area contributed by atoms with Crippen molar-refractivity contribution in [1.82, 2.24) is 10.6 Å². The van der Waals surface area contributed by atoms with Gasteiger partial charge in [0, 0.05) is 18.7 Å². The van der Waals surface area contributed by atoms with E-state index in [9.17, 15) is 9.59 Å². The number of amides is 2. The molecule has 0 aliphatic rings. The summed E-state index contributed by atoms with van der Waals surface area (Å²) >= 11 is 0. The van der Waals surface area contributed by atoms with Crippen molar-refractivity contribution in [3.05, 3.63) is 65.7 Å². The number of ether oxygens (including phenoxy) is 1. The van der Waals surface area contributed by atoms with Crippen molar-refractivity contribution >= 4 is 11.8 Å². The lowest BCUT2D eigenvalue weighted by Gasteiger charge is -2.08. The Morgan fingerprint density at radius 1 is 0.917 bits per heavy atom. The largest absolute Gasteiger partial charge is 0.493 e. The lowest BCUT2D eigenvalue weighted by atomic mass is 10.1. The van der Waals surface area contributed by atoms with Gasteiger partial charge in [-0.3, -0.25) is 9.59 Å². The number of hydrogen-bond acceptors (Lipinski definition) is 3. The van der Waals surface area contributed by atoms with Crippen molar-refractivity contribution < 1.29 is 14.3 Å². The predicted octanol–water partition coefficient (Wildman–Crippen LogP) is 2.31. The van der Waals surface area contributed by atoms with Crippen LogP contribution >= 0.6 is 0 Å². The fraction of sp³-hybridized carbons (Fsp3) is 0.263.